The van der Waals surface area contributed by atoms with Gasteiger partial charge in [-0.1, -0.05) is 12.1 Å². The van der Waals surface area contributed by atoms with E-state index in [1.807, 2.05) is 0 Å². The van der Waals surface area contributed by atoms with E-state index < -0.39 is 11.9 Å². The quantitative estimate of drug-likeness (QED) is 0.787. The Morgan fingerprint density at radius 1 is 1.08 bits per heavy atom. The Bertz CT molecular complexity index is 713. The molecule has 1 saturated heterocycles. The number of aromatic nitrogens is 2. The minimum atomic E-state index is -0.674. The maximum absolute atomic E-state index is 13.2. The first-order chi connectivity index (χ1) is 12.1. The van der Waals surface area contributed by atoms with Gasteiger partial charge in [0.2, 0.25) is 5.95 Å². The van der Waals surface area contributed by atoms with Crippen LogP contribution in [0, 0.1) is 5.82 Å². The van der Waals surface area contributed by atoms with Crippen LogP contribution in [-0.2, 0) is 9.53 Å². The second-order valence-corrected chi connectivity index (χ2v) is 6.11. The summed E-state index contributed by atoms with van der Waals surface area (Å²) in [6, 6.07) is 5.80. The normalized spacial score (nSPS) is 16.5. The number of rotatable bonds is 4. The largest absolute Gasteiger partial charge is 0.468 e. The maximum Gasteiger partial charge on any atom is 0.317 e. The molecule has 0 amide bonds. The van der Waals surface area contributed by atoms with E-state index in [9.17, 15) is 9.18 Å². The molecule has 0 N–H and O–H groups in total. The Morgan fingerprint density at radius 2 is 1.68 bits per heavy atom. The van der Waals surface area contributed by atoms with Crippen molar-refractivity contribution in [1.82, 2.24) is 14.9 Å². The molecule has 0 aliphatic carbocycles. The summed E-state index contributed by atoms with van der Waals surface area (Å²) in [6.45, 7) is 3.67. The van der Waals surface area contributed by atoms with Gasteiger partial charge in [-0.15, -0.1) is 0 Å². The molecule has 0 radical (unpaired) electrons. The molecule has 0 saturated carbocycles. The lowest BCUT2D eigenvalue weighted by Crippen LogP contribution is -2.45. The Hall–Kier alpha value is -2.54. The van der Waals surface area contributed by atoms with Crippen LogP contribution in [0.5, 0.6) is 0 Å². The van der Waals surface area contributed by atoms with Crippen molar-refractivity contribution in [3.8, 4) is 0 Å². The second kappa shape index (κ2) is 7.57. The summed E-state index contributed by atoms with van der Waals surface area (Å²) >= 11 is 0. The molecule has 1 fully saturated rings. The third-order valence-electron chi connectivity index (χ3n) is 4.42. The average molecular weight is 344 g/mol. The van der Waals surface area contributed by atoms with Crippen molar-refractivity contribution >= 4 is 11.9 Å². The van der Waals surface area contributed by atoms with Gasteiger partial charge >= 0.3 is 5.97 Å². The number of benzene rings is 1. The van der Waals surface area contributed by atoms with Crippen LogP contribution < -0.4 is 4.90 Å². The summed E-state index contributed by atoms with van der Waals surface area (Å²) in [5.74, 6) is -0.803. The van der Waals surface area contributed by atoms with Gasteiger partial charge in [0.1, 0.15) is 11.7 Å². The number of piperazine rings is 1. The van der Waals surface area contributed by atoms with Crippen molar-refractivity contribution in [2.75, 3.05) is 45.2 Å². The van der Waals surface area contributed by atoms with Crippen molar-refractivity contribution in [2.45, 2.75) is 5.92 Å². The number of halogens is 1. The molecule has 0 bridgehead atoms. The average Bonchev–Trinajstić information content (AvgIpc) is 2.64. The summed E-state index contributed by atoms with van der Waals surface area (Å²) in [6.07, 6.45) is 3.29. The Morgan fingerprint density at radius 3 is 2.24 bits per heavy atom. The third kappa shape index (κ3) is 3.93. The van der Waals surface area contributed by atoms with Crippen molar-refractivity contribution in [2.24, 2.45) is 0 Å². The van der Waals surface area contributed by atoms with Crippen LogP contribution >= 0.6 is 0 Å². The van der Waals surface area contributed by atoms with Crippen molar-refractivity contribution < 1.29 is 13.9 Å². The van der Waals surface area contributed by atoms with Gasteiger partial charge in [-0.25, -0.2) is 14.4 Å². The van der Waals surface area contributed by atoms with Gasteiger partial charge in [-0.2, -0.15) is 0 Å². The van der Waals surface area contributed by atoms with Crippen LogP contribution in [0.2, 0.25) is 0 Å². The van der Waals surface area contributed by atoms with E-state index >= 15 is 0 Å². The molecule has 1 aliphatic heterocycles. The number of carbonyl (C=O) groups is 1. The highest BCUT2D eigenvalue weighted by molar-refractivity contribution is 5.81. The number of carbonyl (C=O) groups excluding carboxylic acids is 1. The van der Waals surface area contributed by atoms with Crippen LogP contribution in [0.25, 0.3) is 0 Å². The van der Waals surface area contributed by atoms with Crippen LogP contribution in [-0.4, -0.2) is 61.2 Å². The van der Waals surface area contributed by atoms with Crippen LogP contribution in [0.15, 0.2) is 36.7 Å². The molecule has 6 nitrogen and oxygen atoms in total. The summed E-state index contributed by atoms with van der Waals surface area (Å²) in [5.41, 5.74) is 1.26. The van der Waals surface area contributed by atoms with Crippen LogP contribution in [0.1, 0.15) is 17.0 Å². The molecule has 7 heteroatoms. The standard InChI is InChI=1S/C18H21FN4O2/c1-22-7-9-23(10-8-22)18-20-11-14(12-21-18)16(17(24)25-2)13-3-5-15(19)6-4-13/h3-6,11-12,16H,7-10H2,1-2H3. The van der Waals surface area contributed by atoms with E-state index in [0.717, 1.165) is 26.2 Å². The topological polar surface area (TPSA) is 58.6 Å². The summed E-state index contributed by atoms with van der Waals surface area (Å²) in [5, 5.41) is 0. The summed E-state index contributed by atoms with van der Waals surface area (Å²) < 4.78 is 18.1. The summed E-state index contributed by atoms with van der Waals surface area (Å²) in [4.78, 5) is 25.5. The molecule has 132 valence electrons. The second-order valence-electron chi connectivity index (χ2n) is 6.11. The fraction of sp³-hybridized carbons (Fsp3) is 0.389. The highest BCUT2D eigenvalue weighted by Gasteiger charge is 2.25. The Kier molecular flexibility index (Phi) is 5.23. The van der Waals surface area contributed by atoms with E-state index in [1.165, 1.54) is 19.2 Å². The van der Waals surface area contributed by atoms with Gasteiger partial charge in [-0.05, 0) is 24.7 Å². The van der Waals surface area contributed by atoms with Gasteiger partial charge in [0.25, 0.3) is 0 Å². The zero-order valence-corrected chi connectivity index (χ0v) is 14.4. The lowest BCUT2D eigenvalue weighted by atomic mass is 9.93. The van der Waals surface area contributed by atoms with E-state index in [4.69, 9.17) is 4.74 Å². The van der Waals surface area contributed by atoms with Gasteiger partial charge in [0, 0.05) is 44.1 Å². The summed E-state index contributed by atoms with van der Waals surface area (Å²) in [7, 11) is 3.42. The van der Waals surface area contributed by atoms with Gasteiger partial charge in [0.05, 0.1) is 7.11 Å². The molecule has 25 heavy (non-hydrogen) atoms. The number of nitrogens with zero attached hydrogens (tertiary/aromatic N) is 4. The minimum Gasteiger partial charge on any atom is -0.468 e. The minimum absolute atomic E-state index is 0.353. The molecule has 1 aromatic heterocycles. The SMILES string of the molecule is COC(=O)C(c1ccc(F)cc1)c1cnc(N2CCN(C)CC2)nc1. The number of likely N-dealkylation sites (N-methyl/N-ethyl adjacent to an activating group) is 1. The van der Waals surface area contributed by atoms with Crippen LogP contribution in [0.3, 0.4) is 0 Å². The van der Waals surface area contributed by atoms with Gasteiger partial charge in [0.15, 0.2) is 0 Å². The molecule has 1 aromatic carbocycles. The molecular weight excluding hydrogens is 323 g/mol. The number of esters is 1. The highest BCUT2D eigenvalue weighted by Crippen LogP contribution is 2.26. The van der Waals surface area contributed by atoms with Crippen molar-refractivity contribution in [3.63, 3.8) is 0 Å². The lowest BCUT2D eigenvalue weighted by molar-refractivity contribution is -0.141. The molecule has 1 unspecified atom stereocenters. The number of ether oxygens (including phenoxy) is 1. The number of hydrogen-bond acceptors (Lipinski definition) is 6. The number of anilines is 1. The zero-order valence-electron chi connectivity index (χ0n) is 14.4. The fourth-order valence-corrected chi connectivity index (χ4v) is 2.89. The fourth-order valence-electron chi connectivity index (χ4n) is 2.89. The monoisotopic (exact) mass is 344 g/mol. The molecule has 2 aromatic rings. The Balaban J connectivity index is 1.84. The molecule has 0 spiro atoms. The smallest absolute Gasteiger partial charge is 0.317 e. The van der Waals surface area contributed by atoms with Gasteiger partial charge < -0.3 is 14.5 Å². The van der Waals surface area contributed by atoms with E-state index in [2.05, 4.69) is 26.8 Å². The molecular formula is C18H21FN4O2. The first-order valence-electron chi connectivity index (χ1n) is 8.17. The van der Waals surface area contributed by atoms with Crippen molar-refractivity contribution in [1.29, 1.82) is 0 Å². The molecule has 1 aliphatic rings. The predicted molar refractivity (Wildman–Crippen MR) is 92.0 cm³/mol. The number of hydrogen-bond donors (Lipinski definition) is 0. The first kappa shape index (κ1) is 17.3. The van der Waals surface area contributed by atoms with E-state index in [-0.39, 0.29) is 5.82 Å². The van der Waals surface area contributed by atoms with E-state index in [0.29, 0.717) is 17.1 Å². The van der Waals surface area contributed by atoms with Crippen LogP contribution in [0.4, 0.5) is 10.3 Å². The zero-order chi connectivity index (χ0) is 17.8. The van der Waals surface area contributed by atoms with Crippen molar-refractivity contribution in [3.05, 3.63) is 53.6 Å². The lowest BCUT2D eigenvalue weighted by Gasteiger charge is -2.32. The third-order valence-corrected chi connectivity index (χ3v) is 4.42. The molecule has 2 heterocycles. The molecule has 1 atom stereocenters. The first-order valence-corrected chi connectivity index (χ1v) is 8.17. The predicted octanol–water partition coefficient (Wildman–Crippen LogP) is 1.67. The number of methoxy groups -OCH3 is 1. The Labute approximate surface area is 146 Å². The highest BCUT2D eigenvalue weighted by atomic mass is 19.1. The maximum atomic E-state index is 13.2. The molecule has 3 rings (SSSR count). The van der Waals surface area contributed by atoms with Gasteiger partial charge in [-0.3, -0.25) is 4.79 Å². The van der Waals surface area contributed by atoms with E-state index in [1.54, 1.807) is 24.5 Å².